The number of benzene rings is 4. The topological polar surface area (TPSA) is 89.1 Å². The van der Waals surface area contributed by atoms with Crippen LogP contribution in [0.25, 0.3) is 10.8 Å². The number of azo groups is 1. The maximum absolute atomic E-state index is 10.8. The Morgan fingerprint density at radius 1 is 0.833 bits per heavy atom. The highest BCUT2D eigenvalue weighted by molar-refractivity contribution is 6.01. The molecule has 7 nitrogen and oxygen atoms in total. The zero-order valence-electron chi connectivity index (χ0n) is 16.1. The van der Waals surface area contributed by atoms with Crippen molar-refractivity contribution in [2.24, 2.45) is 10.2 Å². The maximum Gasteiger partial charge on any atom is 0.269 e. The van der Waals surface area contributed by atoms with Gasteiger partial charge in [-0.3, -0.25) is 10.1 Å². The molecule has 30 heavy (non-hydrogen) atoms. The van der Waals surface area contributed by atoms with Gasteiger partial charge < -0.3 is 10.1 Å². The summed E-state index contributed by atoms with van der Waals surface area (Å²) in [6.45, 7) is 0. The lowest BCUT2D eigenvalue weighted by molar-refractivity contribution is -0.384. The molecule has 148 valence electrons. The van der Waals surface area contributed by atoms with E-state index in [-0.39, 0.29) is 5.69 Å². The average Bonchev–Trinajstić information content (AvgIpc) is 2.79. The van der Waals surface area contributed by atoms with Gasteiger partial charge in [-0.1, -0.05) is 24.3 Å². The summed E-state index contributed by atoms with van der Waals surface area (Å²) in [5.74, 6) is 0.799. The molecule has 0 aliphatic carbocycles. The van der Waals surface area contributed by atoms with Crippen molar-refractivity contribution in [3.63, 3.8) is 0 Å². The van der Waals surface area contributed by atoms with Gasteiger partial charge in [0.15, 0.2) is 0 Å². The fourth-order valence-electron chi connectivity index (χ4n) is 3.06. The number of ether oxygens (including phenoxy) is 1. The second-order valence-electron chi connectivity index (χ2n) is 6.50. The van der Waals surface area contributed by atoms with E-state index in [1.54, 1.807) is 19.2 Å². The number of hydrogen-bond acceptors (Lipinski definition) is 6. The Morgan fingerprint density at radius 2 is 1.53 bits per heavy atom. The number of rotatable bonds is 6. The Bertz CT molecular complexity index is 1220. The SMILES string of the molecule is COc1ccc(Nc2ccc(N=Nc3ccc([N+](=O)[O-])cc3)c3ccccc23)cc1. The summed E-state index contributed by atoms with van der Waals surface area (Å²) in [5, 5.41) is 24.7. The van der Waals surface area contributed by atoms with Gasteiger partial charge in [-0.15, -0.1) is 5.11 Å². The van der Waals surface area contributed by atoms with Crippen molar-refractivity contribution in [2.45, 2.75) is 0 Å². The summed E-state index contributed by atoms with van der Waals surface area (Å²) in [7, 11) is 1.64. The molecule has 0 atom stereocenters. The Morgan fingerprint density at radius 3 is 2.20 bits per heavy atom. The van der Waals surface area contributed by atoms with Gasteiger partial charge in [0.2, 0.25) is 0 Å². The van der Waals surface area contributed by atoms with E-state index in [9.17, 15) is 10.1 Å². The minimum Gasteiger partial charge on any atom is -0.497 e. The number of nitro groups is 1. The predicted octanol–water partition coefficient (Wildman–Crippen LogP) is 6.92. The largest absolute Gasteiger partial charge is 0.497 e. The molecule has 0 amide bonds. The molecule has 0 bridgehead atoms. The number of nitrogens with one attached hydrogen (secondary N) is 1. The zero-order valence-corrected chi connectivity index (χ0v) is 16.1. The predicted molar refractivity (Wildman–Crippen MR) is 117 cm³/mol. The van der Waals surface area contributed by atoms with Crippen molar-refractivity contribution < 1.29 is 9.66 Å². The summed E-state index contributed by atoms with van der Waals surface area (Å²) < 4.78 is 5.20. The van der Waals surface area contributed by atoms with Crippen LogP contribution in [0.5, 0.6) is 5.75 Å². The molecule has 4 rings (SSSR count). The highest BCUT2D eigenvalue weighted by Crippen LogP contribution is 2.34. The van der Waals surface area contributed by atoms with Gasteiger partial charge in [0, 0.05) is 34.3 Å². The first-order valence-electron chi connectivity index (χ1n) is 9.23. The lowest BCUT2D eigenvalue weighted by atomic mass is 10.1. The molecule has 0 aromatic heterocycles. The minimum absolute atomic E-state index is 0.0216. The van der Waals surface area contributed by atoms with Crippen LogP contribution in [0.3, 0.4) is 0 Å². The van der Waals surface area contributed by atoms with E-state index in [0.717, 1.165) is 27.9 Å². The number of nitrogens with zero attached hydrogens (tertiary/aromatic N) is 3. The smallest absolute Gasteiger partial charge is 0.269 e. The van der Waals surface area contributed by atoms with Gasteiger partial charge in [-0.2, -0.15) is 5.11 Å². The monoisotopic (exact) mass is 398 g/mol. The van der Waals surface area contributed by atoms with Crippen molar-refractivity contribution >= 4 is 39.2 Å². The average molecular weight is 398 g/mol. The van der Waals surface area contributed by atoms with Crippen molar-refractivity contribution in [3.05, 3.63) is 95.0 Å². The highest BCUT2D eigenvalue weighted by atomic mass is 16.6. The molecule has 0 heterocycles. The molecule has 0 fully saturated rings. The summed E-state index contributed by atoms with van der Waals surface area (Å²) in [4.78, 5) is 10.3. The van der Waals surface area contributed by atoms with Crippen LogP contribution >= 0.6 is 0 Å². The molecule has 0 aliphatic rings. The lowest BCUT2D eigenvalue weighted by Gasteiger charge is -2.11. The molecule has 0 radical (unpaired) electrons. The molecule has 0 saturated heterocycles. The molecule has 0 spiro atoms. The van der Waals surface area contributed by atoms with Crippen LogP contribution in [0.4, 0.5) is 28.4 Å². The number of nitro benzene ring substituents is 1. The van der Waals surface area contributed by atoms with Crippen LogP contribution in [-0.4, -0.2) is 12.0 Å². The number of methoxy groups -OCH3 is 1. The Hall–Kier alpha value is -4.26. The van der Waals surface area contributed by atoms with E-state index in [4.69, 9.17) is 4.74 Å². The normalized spacial score (nSPS) is 11.0. The number of non-ortho nitro benzene ring substituents is 1. The van der Waals surface area contributed by atoms with Crippen LogP contribution in [0, 0.1) is 10.1 Å². The second kappa shape index (κ2) is 8.40. The van der Waals surface area contributed by atoms with Gasteiger partial charge in [0.25, 0.3) is 5.69 Å². The van der Waals surface area contributed by atoms with Crippen molar-refractivity contribution in [1.29, 1.82) is 0 Å². The lowest BCUT2D eigenvalue weighted by Crippen LogP contribution is -1.92. The summed E-state index contributed by atoms with van der Waals surface area (Å²) in [6, 6.07) is 25.4. The van der Waals surface area contributed by atoms with E-state index >= 15 is 0 Å². The van der Waals surface area contributed by atoms with Crippen LogP contribution in [0.2, 0.25) is 0 Å². The van der Waals surface area contributed by atoms with E-state index in [0.29, 0.717) is 11.4 Å². The molecular weight excluding hydrogens is 380 g/mol. The number of fused-ring (bicyclic) bond motifs is 1. The maximum atomic E-state index is 10.8. The molecule has 4 aromatic rings. The summed E-state index contributed by atoms with van der Waals surface area (Å²) in [5.41, 5.74) is 3.17. The molecule has 7 heteroatoms. The van der Waals surface area contributed by atoms with Gasteiger partial charge >= 0.3 is 0 Å². The molecular formula is C23H18N4O3. The van der Waals surface area contributed by atoms with E-state index in [2.05, 4.69) is 15.5 Å². The molecule has 0 unspecified atom stereocenters. The Balaban J connectivity index is 1.63. The van der Waals surface area contributed by atoms with Gasteiger partial charge in [-0.25, -0.2) is 0 Å². The third-order valence-corrected chi connectivity index (χ3v) is 4.60. The van der Waals surface area contributed by atoms with Gasteiger partial charge in [0.05, 0.1) is 23.4 Å². The van der Waals surface area contributed by atoms with Crippen LogP contribution < -0.4 is 10.1 Å². The van der Waals surface area contributed by atoms with Crippen LogP contribution in [0.1, 0.15) is 0 Å². The fourth-order valence-corrected chi connectivity index (χ4v) is 3.06. The van der Waals surface area contributed by atoms with Crippen LogP contribution in [0.15, 0.2) is 95.2 Å². The first-order chi connectivity index (χ1) is 14.6. The van der Waals surface area contributed by atoms with E-state index in [1.807, 2.05) is 60.7 Å². The molecule has 0 aliphatic heterocycles. The highest BCUT2D eigenvalue weighted by Gasteiger charge is 2.07. The summed E-state index contributed by atoms with van der Waals surface area (Å²) in [6.07, 6.45) is 0. The standard InChI is InChI=1S/C23H18N4O3/c1-30-19-12-8-16(9-13-19)24-22-14-15-23(21-5-3-2-4-20(21)22)26-25-17-6-10-18(11-7-17)27(28)29/h2-15,24H,1H3. The second-order valence-corrected chi connectivity index (χ2v) is 6.50. The Kier molecular flexibility index (Phi) is 5.34. The minimum atomic E-state index is -0.441. The van der Waals surface area contributed by atoms with Crippen molar-refractivity contribution in [1.82, 2.24) is 0 Å². The molecule has 4 aromatic carbocycles. The van der Waals surface area contributed by atoms with Crippen LogP contribution in [-0.2, 0) is 0 Å². The van der Waals surface area contributed by atoms with Gasteiger partial charge in [-0.05, 0) is 48.5 Å². The van der Waals surface area contributed by atoms with Crippen molar-refractivity contribution in [3.8, 4) is 5.75 Å². The number of anilines is 2. The summed E-state index contributed by atoms with van der Waals surface area (Å²) >= 11 is 0. The quantitative estimate of drug-likeness (QED) is 0.217. The zero-order chi connectivity index (χ0) is 20.9. The number of hydrogen-bond donors (Lipinski definition) is 1. The van der Waals surface area contributed by atoms with E-state index in [1.165, 1.54) is 12.1 Å². The molecule has 0 saturated carbocycles. The third kappa shape index (κ3) is 4.10. The first-order valence-corrected chi connectivity index (χ1v) is 9.23. The Labute approximate surface area is 172 Å². The third-order valence-electron chi connectivity index (χ3n) is 4.60. The van der Waals surface area contributed by atoms with Crippen molar-refractivity contribution in [2.75, 3.05) is 12.4 Å². The van der Waals surface area contributed by atoms with E-state index < -0.39 is 4.92 Å². The first kappa shape index (κ1) is 19.1. The van der Waals surface area contributed by atoms with Gasteiger partial charge in [0.1, 0.15) is 5.75 Å². The fraction of sp³-hybridized carbons (Fsp3) is 0.0435. The molecule has 1 N–H and O–H groups in total.